The summed E-state index contributed by atoms with van der Waals surface area (Å²) in [5.41, 5.74) is 0. The average Bonchev–Trinajstić information content (AvgIpc) is 2.43. The molecule has 0 aliphatic heterocycles. The summed E-state index contributed by atoms with van der Waals surface area (Å²) in [5.74, 6) is 0.256. The van der Waals surface area contributed by atoms with Gasteiger partial charge in [-0.25, -0.2) is 0 Å². The number of rotatable bonds is 14. The molecule has 0 heterocycles. The third-order valence-corrected chi connectivity index (χ3v) is 3.80. The van der Waals surface area contributed by atoms with Gasteiger partial charge in [-0.2, -0.15) is 0 Å². The minimum atomic E-state index is 0.256. The van der Waals surface area contributed by atoms with Crippen LogP contribution in [0.1, 0.15) is 83.5 Å². The Bertz CT molecular complexity index is 217. The predicted molar refractivity (Wildman–Crippen MR) is 85.8 cm³/mol. The third kappa shape index (κ3) is 13.9. The summed E-state index contributed by atoms with van der Waals surface area (Å²) in [6, 6.07) is 0. The van der Waals surface area contributed by atoms with E-state index in [2.05, 4.69) is 0 Å². The van der Waals surface area contributed by atoms with Gasteiger partial charge in [-0.15, -0.1) is 0 Å². The molecule has 120 valence electrons. The number of aliphatic hydroxyl groups is 1. The first-order chi connectivity index (χ1) is 9.68. The van der Waals surface area contributed by atoms with E-state index in [0.717, 1.165) is 12.8 Å². The fourth-order valence-electron chi connectivity index (χ4n) is 2.38. The van der Waals surface area contributed by atoms with E-state index in [1.54, 1.807) is 4.90 Å². The van der Waals surface area contributed by atoms with Crippen molar-refractivity contribution in [1.82, 2.24) is 4.90 Å². The van der Waals surface area contributed by atoms with E-state index in [1.807, 2.05) is 14.1 Å². The van der Waals surface area contributed by atoms with Crippen LogP contribution in [0.3, 0.4) is 0 Å². The van der Waals surface area contributed by atoms with Gasteiger partial charge in [0, 0.05) is 27.1 Å². The van der Waals surface area contributed by atoms with E-state index in [-0.39, 0.29) is 5.91 Å². The number of carbonyl (C=O) groups is 1. The lowest BCUT2D eigenvalue weighted by Crippen LogP contribution is -2.20. The van der Waals surface area contributed by atoms with E-state index in [0.29, 0.717) is 13.0 Å². The van der Waals surface area contributed by atoms with Crippen molar-refractivity contribution in [3.05, 3.63) is 0 Å². The maximum atomic E-state index is 11.4. The van der Waals surface area contributed by atoms with Crippen LogP contribution in [0.15, 0.2) is 0 Å². The normalized spacial score (nSPS) is 10.8. The van der Waals surface area contributed by atoms with Crippen LogP contribution in [0.5, 0.6) is 0 Å². The van der Waals surface area contributed by atoms with Crippen LogP contribution in [-0.4, -0.2) is 36.6 Å². The molecule has 20 heavy (non-hydrogen) atoms. The fourth-order valence-corrected chi connectivity index (χ4v) is 2.38. The summed E-state index contributed by atoms with van der Waals surface area (Å²) < 4.78 is 0. The van der Waals surface area contributed by atoms with Crippen LogP contribution in [0, 0.1) is 0 Å². The van der Waals surface area contributed by atoms with Gasteiger partial charge < -0.3 is 10.0 Å². The van der Waals surface area contributed by atoms with Crippen LogP contribution < -0.4 is 0 Å². The molecule has 0 rings (SSSR count). The van der Waals surface area contributed by atoms with Crippen molar-refractivity contribution in [1.29, 1.82) is 0 Å². The molecule has 3 heteroatoms. The monoisotopic (exact) mass is 285 g/mol. The van der Waals surface area contributed by atoms with Crippen LogP contribution in [0.25, 0.3) is 0 Å². The molecule has 3 nitrogen and oxygen atoms in total. The van der Waals surface area contributed by atoms with Crippen molar-refractivity contribution in [3.63, 3.8) is 0 Å². The van der Waals surface area contributed by atoms with Crippen molar-refractivity contribution in [2.24, 2.45) is 0 Å². The van der Waals surface area contributed by atoms with Crippen molar-refractivity contribution < 1.29 is 9.90 Å². The number of unbranched alkanes of at least 4 members (excludes halogenated alkanes) is 11. The van der Waals surface area contributed by atoms with Gasteiger partial charge in [0.15, 0.2) is 0 Å². The van der Waals surface area contributed by atoms with Gasteiger partial charge in [0.2, 0.25) is 5.91 Å². The molecule has 0 radical (unpaired) electrons. The maximum Gasteiger partial charge on any atom is 0.222 e. The van der Waals surface area contributed by atoms with E-state index < -0.39 is 0 Å². The fraction of sp³-hybridized carbons (Fsp3) is 0.941. The molecule has 0 saturated heterocycles. The second-order valence-corrected chi connectivity index (χ2v) is 6.00. The van der Waals surface area contributed by atoms with E-state index in [4.69, 9.17) is 5.11 Å². The summed E-state index contributed by atoms with van der Waals surface area (Å²) in [4.78, 5) is 13.0. The Morgan fingerprint density at radius 1 is 0.700 bits per heavy atom. The van der Waals surface area contributed by atoms with E-state index in [9.17, 15) is 4.79 Å². The van der Waals surface area contributed by atoms with Crippen molar-refractivity contribution in [3.8, 4) is 0 Å². The quantitative estimate of drug-likeness (QED) is 0.487. The van der Waals surface area contributed by atoms with Crippen LogP contribution in [0.4, 0.5) is 0 Å². The molecule has 0 bridgehead atoms. The standard InChI is InChI=1S/C17H35NO2/c1-18(2)17(20)15-13-11-9-7-5-3-4-6-8-10-12-14-16-19/h19H,3-16H2,1-2H3. The number of carbonyl (C=O) groups excluding carboxylic acids is 1. The number of aliphatic hydroxyl groups excluding tert-OH is 1. The van der Waals surface area contributed by atoms with Crippen molar-refractivity contribution in [2.45, 2.75) is 83.5 Å². The summed E-state index contributed by atoms with van der Waals surface area (Å²) >= 11 is 0. The molecule has 0 aromatic heterocycles. The average molecular weight is 285 g/mol. The largest absolute Gasteiger partial charge is 0.396 e. The van der Waals surface area contributed by atoms with Gasteiger partial charge in [-0.3, -0.25) is 4.79 Å². The Balaban J connectivity index is 3.04. The first kappa shape index (κ1) is 19.4. The SMILES string of the molecule is CN(C)C(=O)CCCCCCCCCCCCCCO. The van der Waals surface area contributed by atoms with E-state index in [1.165, 1.54) is 64.2 Å². The van der Waals surface area contributed by atoms with Crippen molar-refractivity contribution >= 4 is 5.91 Å². The Morgan fingerprint density at radius 2 is 1.05 bits per heavy atom. The number of hydrogen-bond donors (Lipinski definition) is 1. The smallest absolute Gasteiger partial charge is 0.222 e. The zero-order chi connectivity index (χ0) is 15.1. The summed E-state index contributed by atoms with van der Waals surface area (Å²) in [7, 11) is 3.65. The molecule has 0 aliphatic rings. The highest BCUT2D eigenvalue weighted by Gasteiger charge is 2.02. The van der Waals surface area contributed by atoms with Gasteiger partial charge in [0.1, 0.15) is 0 Å². The lowest BCUT2D eigenvalue weighted by molar-refractivity contribution is -0.128. The Kier molecular flexibility index (Phi) is 14.4. The minimum Gasteiger partial charge on any atom is -0.396 e. The lowest BCUT2D eigenvalue weighted by Gasteiger charge is -2.09. The number of amides is 1. The Labute approximate surface area is 125 Å². The van der Waals surface area contributed by atoms with Crippen molar-refractivity contribution in [2.75, 3.05) is 20.7 Å². The maximum absolute atomic E-state index is 11.4. The first-order valence-electron chi connectivity index (χ1n) is 8.49. The predicted octanol–water partition coefficient (Wildman–Crippen LogP) is 4.14. The van der Waals surface area contributed by atoms with Crippen LogP contribution >= 0.6 is 0 Å². The zero-order valence-corrected chi connectivity index (χ0v) is 13.7. The van der Waals surface area contributed by atoms with Crippen LogP contribution in [0.2, 0.25) is 0 Å². The topological polar surface area (TPSA) is 40.5 Å². The molecule has 0 atom stereocenters. The van der Waals surface area contributed by atoms with Crippen LogP contribution in [-0.2, 0) is 4.79 Å². The Morgan fingerprint density at radius 3 is 1.40 bits per heavy atom. The highest BCUT2D eigenvalue weighted by molar-refractivity contribution is 5.75. The molecular weight excluding hydrogens is 250 g/mol. The van der Waals surface area contributed by atoms with E-state index >= 15 is 0 Å². The minimum absolute atomic E-state index is 0.256. The molecule has 0 unspecified atom stereocenters. The van der Waals surface area contributed by atoms with Gasteiger partial charge in [-0.1, -0.05) is 64.2 Å². The van der Waals surface area contributed by atoms with Gasteiger partial charge in [0.05, 0.1) is 0 Å². The molecule has 0 saturated carbocycles. The summed E-state index contributed by atoms with van der Waals surface area (Å²) in [6.07, 6.45) is 15.7. The molecule has 1 amide bonds. The van der Waals surface area contributed by atoms with Gasteiger partial charge in [0.25, 0.3) is 0 Å². The summed E-state index contributed by atoms with van der Waals surface area (Å²) in [5, 5.41) is 8.66. The second kappa shape index (κ2) is 14.8. The molecule has 1 N–H and O–H groups in total. The highest BCUT2D eigenvalue weighted by Crippen LogP contribution is 2.12. The number of hydrogen-bond acceptors (Lipinski definition) is 2. The summed E-state index contributed by atoms with van der Waals surface area (Å²) in [6.45, 7) is 0.347. The zero-order valence-electron chi connectivity index (χ0n) is 13.7. The molecule has 0 spiro atoms. The third-order valence-electron chi connectivity index (χ3n) is 3.80. The molecule has 0 fully saturated rings. The second-order valence-electron chi connectivity index (χ2n) is 6.00. The highest BCUT2D eigenvalue weighted by atomic mass is 16.2. The van der Waals surface area contributed by atoms with Gasteiger partial charge >= 0.3 is 0 Å². The van der Waals surface area contributed by atoms with Gasteiger partial charge in [-0.05, 0) is 12.8 Å². The first-order valence-corrected chi connectivity index (χ1v) is 8.49. The molecule has 0 aliphatic carbocycles. The molecule has 0 aromatic carbocycles. The molecule has 0 aromatic rings. The molecular formula is C17H35NO2. The lowest BCUT2D eigenvalue weighted by atomic mass is 10.0. The Hall–Kier alpha value is -0.570. The number of nitrogens with zero attached hydrogens (tertiary/aromatic N) is 1.